The van der Waals surface area contributed by atoms with Gasteiger partial charge in [-0.25, -0.2) is 9.97 Å². The lowest BCUT2D eigenvalue weighted by Crippen LogP contribution is -1.91. The van der Waals surface area contributed by atoms with Crippen molar-refractivity contribution in [2.24, 2.45) is 0 Å². The molecular formula is C20H16N2S2. The van der Waals surface area contributed by atoms with E-state index in [0.717, 1.165) is 22.0 Å². The topological polar surface area (TPSA) is 25.8 Å². The molecule has 4 heteroatoms. The maximum atomic E-state index is 4.55. The Morgan fingerprint density at radius 1 is 0.875 bits per heavy atom. The molecule has 2 aromatic heterocycles. The summed E-state index contributed by atoms with van der Waals surface area (Å²) in [4.78, 5) is 10.1. The molecule has 118 valence electrons. The van der Waals surface area contributed by atoms with Crippen LogP contribution in [0.2, 0.25) is 0 Å². The Morgan fingerprint density at radius 2 is 1.62 bits per heavy atom. The number of nitrogens with zero attached hydrogens (tertiary/aromatic N) is 2. The lowest BCUT2D eigenvalue weighted by atomic mass is 10.1. The minimum Gasteiger partial charge on any atom is -0.229 e. The van der Waals surface area contributed by atoms with Gasteiger partial charge >= 0.3 is 0 Å². The van der Waals surface area contributed by atoms with Crippen LogP contribution in [0.15, 0.2) is 77.4 Å². The van der Waals surface area contributed by atoms with Crippen molar-refractivity contribution in [1.82, 2.24) is 9.97 Å². The van der Waals surface area contributed by atoms with E-state index in [9.17, 15) is 0 Å². The van der Waals surface area contributed by atoms with Gasteiger partial charge in [-0.1, -0.05) is 60.7 Å². The van der Waals surface area contributed by atoms with Crippen molar-refractivity contribution in [3.8, 4) is 11.1 Å². The van der Waals surface area contributed by atoms with Gasteiger partial charge < -0.3 is 0 Å². The molecule has 0 unspecified atom stereocenters. The van der Waals surface area contributed by atoms with E-state index in [-0.39, 0.29) is 0 Å². The summed E-state index contributed by atoms with van der Waals surface area (Å²) in [5.41, 5.74) is 3.82. The number of fused-ring (bicyclic) bond motifs is 1. The van der Waals surface area contributed by atoms with Crippen LogP contribution in [0.4, 0.5) is 0 Å². The Labute approximate surface area is 149 Å². The molecule has 0 atom stereocenters. The summed E-state index contributed by atoms with van der Waals surface area (Å²) in [5, 5.41) is 4.46. The minimum absolute atomic E-state index is 1.01. The van der Waals surface area contributed by atoms with Gasteiger partial charge in [-0.05, 0) is 17.5 Å². The summed E-state index contributed by atoms with van der Waals surface area (Å²) < 4.78 is 0. The van der Waals surface area contributed by atoms with E-state index in [2.05, 4.69) is 69.9 Å². The molecule has 2 nitrogen and oxygen atoms in total. The van der Waals surface area contributed by atoms with Gasteiger partial charge in [0, 0.05) is 16.7 Å². The Hall–Kier alpha value is -2.17. The first-order valence-corrected chi connectivity index (χ1v) is 9.73. The average molecular weight is 348 g/mol. The molecule has 4 rings (SSSR count). The fourth-order valence-electron chi connectivity index (χ4n) is 2.70. The van der Waals surface area contributed by atoms with Gasteiger partial charge in [-0.3, -0.25) is 0 Å². The highest BCUT2D eigenvalue weighted by Crippen LogP contribution is 2.37. The zero-order chi connectivity index (χ0) is 16.2. The molecule has 0 aliphatic rings. The Morgan fingerprint density at radius 3 is 2.42 bits per heavy atom. The molecule has 0 spiro atoms. The second-order valence-electron chi connectivity index (χ2n) is 5.46. The molecule has 0 amide bonds. The van der Waals surface area contributed by atoms with Gasteiger partial charge in [0.25, 0.3) is 0 Å². The summed E-state index contributed by atoms with van der Waals surface area (Å²) in [6, 6.07) is 21.1. The fourth-order valence-corrected chi connectivity index (χ4v) is 4.68. The number of rotatable bonds is 5. The third-order valence-corrected chi connectivity index (χ3v) is 5.77. The summed E-state index contributed by atoms with van der Waals surface area (Å²) in [6.45, 7) is 0. The zero-order valence-electron chi connectivity index (χ0n) is 13.1. The number of aryl methyl sites for hydroxylation is 1. The van der Waals surface area contributed by atoms with Crippen LogP contribution in [0.25, 0.3) is 21.3 Å². The van der Waals surface area contributed by atoms with Crippen LogP contribution in [0.5, 0.6) is 0 Å². The van der Waals surface area contributed by atoms with Gasteiger partial charge in [0.15, 0.2) is 0 Å². The van der Waals surface area contributed by atoms with E-state index in [4.69, 9.17) is 0 Å². The van der Waals surface area contributed by atoms with Gasteiger partial charge in [-0.2, -0.15) is 0 Å². The molecule has 2 heterocycles. The number of aromatic nitrogens is 2. The second kappa shape index (κ2) is 7.16. The molecule has 0 aliphatic heterocycles. The van der Waals surface area contributed by atoms with E-state index in [1.165, 1.54) is 22.1 Å². The number of hydrogen-bond donors (Lipinski definition) is 0. The predicted molar refractivity (Wildman–Crippen MR) is 104 cm³/mol. The minimum atomic E-state index is 1.01. The largest absolute Gasteiger partial charge is 0.229 e. The number of benzene rings is 2. The van der Waals surface area contributed by atoms with Crippen molar-refractivity contribution in [3.63, 3.8) is 0 Å². The summed E-state index contributed by atoms with van der Waals surface area (Å²) in [6.07, 6.45) is 2.72. The normalized spacial score (nSPS) is 11.0. The SMILES string of the molecule is c1ccc(CCSc2ncnc3scc(-c4ccccc4)c23)cc1. The molecule has 4 aromatic rings. The lowest BCUT2D eigenvalue weighted by molar-refractivity contribution is 1.09. The zero-order valence-corrected chi connectivity index (χ0v) is 14.7. The van der Waals surface area contributed by atoms with Crippen LogP contribution < -0.4 is 0 Å². The third-order valence-electron chi connectivity index (χ3n) is 3.89. The van der Waals surface area contributed by atoms with Gasteiger partial charge in [0.1, 0.15) is 16.2 Å². The first kappa shape index (κ1) is 15.4. The first-order valence-electron chi connectivity index (χ1n) is 7.86. The lowest BCUT2D eigenvalue weighted by Gasteiger charge is -2.05. The molecule has 0 N–H and O–H groups in total. The van der Waals surface area contributed by atoms with Gasteiger partial charge in [-0.15, -0.1) is 23.1 Å². The van der Waals surface area contributed by atoms with Crippen LogP contribution in [0.3, 0.4) is 0 Å². The molecule has 0 bridgehead atoms. The number of thiophene rings is 1. The van der Waals surface area contributed by atoms with E-state index >= 15 is 0 Å². The Balaban J connectivity index is 1.62. The number of hydrogen-bond acceptors (Lipinski definition) is 4. The van der Waals surface area contributed by atoms with Crippen LogP contribution in [0, 0.1) is 0 Å². The summed E-state index contributed by atoms with van der Waals surface area (Å²) in [5.74, 6) is 1.01. The number of thioether (sulfide) groups is 1. The Bertz CT molecular complexity index is 934. The standard InChI is InChI=1S/C20H16N2S2/c1-3-7-15(8-4-1)11-12-23-19-18-17(16-9-5-2-6-10-16)13-24-20(18)22-14-21-19/h1-10,13-14H,11-12H2. The van der Waals surface area contributed by atoms with E-state index in [1.807, 2.05) is 17.8 Å². The van der Waals surface area contributed by atoms with E-state index in [1.54, 1.807) is 17.7 Å². The maximum absolute atomic E-state index is 4.55. The molecular weight excluding hydrogens is 332 g/mol. The summed E-state index contributed by atoms with van der Waals surface area (Å²) in [7, 11) is 0. The monoisotopic (exact) mass is 348 g/mol. The maximum Gasteiger partial charge on any atom is 0.128 e. The van der Waals surface area contributed by atoms with Crippen molar-refractivity contribution in [3.05, 3.63) is 77.9 Å². The van der Waals surface area contributed by atoms with Crippen LogP contribution in [-0.2, 0) is 6.42 Å². The van der Waals surface area contributed by atoms with E-state index in [0.29, 0.717) is 0 Å². The van der Waals surface area contributed by atoms with Crippen LogP contribution in [-0.4, -0.2) is 15.7 Å². The van der Waals surface area contributed by atoms with Crippen molar-refractivity contribution in [1.29, 1.82) is 0 Å². The highest BCUT2D eigenvalue weighted by molar-refractivity contribution is 7.99. The molecule has 2 aromatic carbocycles. The highest BCUT2D eigenvalue weighted by atomic mass is 32.2. The third kappa shape index (κ3) is 3.21. The predicted octanol–water partition coefficient (Wildman–Crippen LogP) is 5.69. The smallest absolute Gasteiger partial charge is 0.128 e. The Kier molecular flexibility index (Phi) is 4.58. The van der Waals surface area contributed by atoms with Crippen molar-refractivity contribution >= 4 is 33.3 Å². The van der Waals surface area contributed by atoms with Gasteiger partial charge in [0.05, 0.1) is 5.39 Å². The van der Waals surface area contributed by atoms with Gasteiger partial charge in [0.2, 0.25) is 0 Å². The second-order valence-corrected chi connectivity index (χ2v) is 7.40. The van der Waals surface area contributed by atoms with Crippen LogP contribution in [0.1, 0.15) is 5.56 Å². The molecule has 0 aliphatic carbocycles. The highest BCUT2D eigenvalue weighted by Gasteiger charge is 2.13. The van der Waals surface area contributed by atoms with E-state index < -0.39 is 0 Å². The fraction of sp³-hybridized carbons (Fsp3) is 0.100. The molecule has 0 radical (unpaired) electrons. The van der Waals surface area contributed by atoms with Crippen molar-refractivity contribution in [2.45, 2.75) is 11.4 Å². The molecule has 0 saturated carbocycles. The molecule has 24 heavy (non-hydrogen) atoms. The first-order chi connectivity index (χ1) is 11.9. The van der Waals surface area contributed by atoms with Crippen molar-refractivity contribution < 1.29 is 0 Å². The molecule has 0 fully saturated rings. The summed E-state index contributed by atoms with van der Waals surface area (Å²) >= 11 is 3.50. The quantitative estimate of drug-likeness (QED) is 0.342. The molecule has 0 saturated heterocycles. The average Bonchev–Trinajstić information content (AvgIpc) is 3.08. The van der Waals surface area contributed by atoms with Crippen LogP contribution >= 0.6 is 23.1 Å². The van der Waals surface area contributed by atoms with Crippen molar-refractivity contribution in [2.75, 3.05) is 5.75 Å².